The summed E-state index contributed by atoms with van der Waals surface area (Å²) in [6.45, 7) is 6.14. The van der Waals surface area contributed by atoms with Crippen LogP contribution >= 0.6 is 15.9 Å². The van der Waals surface area contributed by atoms with Crippen molar-refractivity contribution in [3.8, 4) is 0 Å². The smallest absolute Gasteiger partial charge is 0.164 e. The highest BCUT2D eigenvalue weighted by atomic mass is 79.9. The standard InChI is InChI=1S/C17H18BrF2N/c1-4-21-17(14-9-12(18)7-5-10(14)2)13-8-6-11(3)15(19)16(13)20/h5-9,17,21H,4H2,1-3H3. The summed E-state index contributed by atoms with van der Waals surface area (Å²) < 4.78 is 29.1. The van der Waals surface area contributed by atoms with Crippen molar-refractivity contribution in [1.82, 2.24) is 5.32 Å². The van der Waals surface area contributed by atoms with Crippen LogP contribution < -0.4 is 5.32 Å². The van der Waals surface area contributed by atoms with Crippen molar-refractivity contribution in [2.45, 2.75) is 26.8 Å². The number of aryl methyl sites for hydroxylation is 2. The highest BCUT2D eigenvalue weighted by molar-refractivity contribution is 9.10. The van der Waals surface area contributed by atoms with Crippen molar-refractivity contribution in [2.24, 2.45) is 0 Å². The van der Waals surface area contributed by atoms with Crippen LogP contribution in [0.2, 0.25) is 0 Å². The lowest BCUT2D eigenvalue weighted by atomic mass is 9.93. The predicted octanol–water partition coefficient (Wildman–Crippen LogP) is 5.04. The van der Waals surface area contributed by atoms with Gasteiger partial charge < -0.3 is 5.32 Å². The van der Waals surface area contributed by atoms with E-state index in [0.29, 0.717) is 17.7 Å². The SMILES string of the molecule is CCNC(c1cc(Br)ccc1C)c1ccc(C)c(F)c1F. The second-order valence-electron chi connectivity index (χ2n) is 5.09. The molecule has 112 valence electrons. The Morgan fingerprint density at radius 2 is 1.67 bits per heavy atom. The van der Waals surface area contributed by atoms with Gasteiger partial charge in [-0.2, -0.15) is 0 Å². The minimum atomic E-state index is -0.777. The molecule has 1 N–H and O–H groups in total. The largest absolute Gasteiger partial charge is 0.306 e. The molecule has 0 saturated heterocycles. The molecule has 0 aromatic heterocycles. The quantitative estimate of drug-likeness (QED) is 0.811. The summed E-state index contributed by atoms with van der Waals surface area (Å²) in [6.07, 6.45) is 0. The Bertz CT molecular complexity index is 655. The summed E-state index contributed by atoms with van der Waals surface area (Å²) in [7, 11) is 0. The number of nitrogens with one attached hydrogen (secondary N) is 1. The molecule has 21 heavy (non-hydrogen) atoms. The Balaban J connectivity index is 2.59. The molecule has 1 atom stereocenters. The third kappa shape index (κ3) is 3.33. The molecular weight excluding hydrogens is 336 g/mol. The van der Waals surface area contributed by atoms with Gasteiger partial charge in [-0.15, -0.1) is 0 Å². The third-order valence-corrected chi connectivity index (χ3v) is 4.07. The second kappa shape index (κ2) is 6.67. The lowest BCUT2D eigenvalue weighted by Gasteiger charge is -2.22. The summed E-state index contributed by atoms with van der Waals surface area (Å²) in [6, 6.07) is 8.75. The van der Waals surface area contributed by atoms with Crippen LogP contribution in [0.3, 0.4) is 0 Å². The van der Waals surface area contributed by atoms with E-state index in [1.165, 1.54) is 0 Å². The van der Waals surface area contributed by atoms with Gasteiger partial charge in [-0.05, 0) is 49.2 Å². The number of benzene rings is 2. The Labute approximate surface area is 132 Å². The van der Waals surface area contributed by atoms with Crippen LogP contribution in [-0.2, 0) is 0 Å². The van der Waals surface area contributed by atoms with E-state index in [1.54, 1.807) is 19.1 Å². The van der Waals surface area contributed by atoms with Gasteiger partial charge >= 0.3 is 0 Å². The van der Waals surface area contributed by atoms with Crippen LogP contribution in [-0.4, -0.2) is 6.54 Å². The molecule has 0 fully saturated rings. The van der Waals surface area contributed by atoms with Crippen LogP contribution in [0.15, 0.2) is 34.8 Å². The van der Waals surface area contributed by atoms with Crippen LogP contribution in [0, 0.1) is 25.5 Å². The molecule has 2 aromatic carbocycles. The molecule has 0 aliphatic carbocycles. The molecule has 1 nitrogen and oxygen atoms in total. The fourth-order valence-electron chi connectivity index (χ4n) is 2.40. The predicted molar refractivity (Wildman–Crippen MR) is 85.5 cm³/mol. The molecule has 0 bridgehead atoms. The summed E-state index contributed by atoms with van der Waals surface area (Å²) in [5.74, 6) is -1.55. The van der Waals surface area contributed by atoms with E-state index in [2.05, 4.69) is 21.2 Å². The van der Waals surface area contributed by atoms with Gasteiger partial charge in [0, 0.05) is 10.0 Å². The molecular formula is C17H18BrF2N. The average Bonchev–Trinajstić information content (AvgIpc) is 2.46. The zero-order chi connectivity index (χ0) is 15.6. The van der Waals surface area contributed by atoms with Crippen molar-refractivity contribution in [3.63, 3.8) is 0 Å². The lowest BCUT2D eigenvalue weighted by molar-refractivity contribution is 0.478. The Hall–Kier alpha value is -1.26. The van der Waals surface area contributed by atoms with Crippen LogP contribution in [0.25, 0.3) is 0 Å². The minimum absolute atomic E-state index is 0.317. The molecule has 2 aromatic rings. The Morgan fingerprint density at radius 1 is 1.00 bits per heavy atom. The molecule has 0 spiro atoms. The van der Waals surface area contributed by atoms with Crippen molar-refractivity contribution >= 4 is 15.9 Å². The average molecular weight is 354 g/mol. The first-order valence-electron chi connectivity index (χ1n) is 6.89. The van der Waals surface area contributed by atoms with Crippen molar-refractivity contribution in [3.05, 3.63) is 68.7 Å². The maximum absolute atomic E-state index is 14.3. The topological polar surface area (TPSA) is 12.0 Å². The van der Waals surface area contributed by atoms with Crippen molar-refractivity contribution in [2.75, 3.05) is 6.54 Å². The second-order valence-corrected chi connectivity index (χ2v) is 6.01. The first-order valence-corrected chi connectivity index (χ1v) is 7.69. The number of hydrogen-bond donors (Lipinski definition) is 1. The summed E-state index contributed by atoms with van der Waals surface area (Å²) in [4.78, 5) is 0. The summed E-state index contributed by atoms with van der Waals surface area (Å²) in [5, 5.41) is 3.24. The maximum Gasteiger partial charge on any atom is 0.164 e. The van der Waals surface area contributed by atoms with Gasteiger partial charge in [-0.1, -0.05) is 41.1 Å². The van der Waals surface area contributed by atoms with Crippen LogP contribution in [0.5, 0.6) is 0 Å². The first kappa shape index (κ1) is 16.1. The fraction of sp³-hybridized carbons (Fsp3) is 0.294. The summed E-state index contributed by atoms with van der Waals surface area (Å²) >= 11 is 3.44. The number of halogens is 3. The van der Waals surface area contributed by atoms with Gasteiger partial charge in [0.25, 0.3) is 0 Å². The minimum Gasteiger partial charge on any atom is -0.306 e. The van der Waals surface area contributed by atoms with Gasteiger partial charge in [0.15, 0.2) is 11.6 Å². The fourth-order valence-corrected chi connectivity index (χ4v) is 2.78. The number of rotatable bonds is 4. The molecule has 0 amide bonds. The molecule has 0 radical (unpaired) electrons. The Morgan fingerprint density at radius 3 is 2.33 bits per heavy atom. The maximum atomic E-state index is 14.3. The lowest BCUT2D eigenvalue weighted by Crippen LogP contribution is -2.24. The summed E-state index contributed by atoms with van der Waals surface area (Å²) in [5.41, 5.74) is 2.62. The van der Waals surface area contributed by atoms with Crippen molar-refractivity contribution in [1.29, 1.82) is 0 Å². The molecule has 1 unspecified atom stereocenters. The molecule has 0 saturated carbocycles. The highest BCUT2D eigenvalue weighted by Crippen LogP contribution is 2.30. The van der Waals surface area contributed by atoms with E-state index in [4.69, 9.17) is 0 Å². The first-order chi connectivity index (χ1) is 9.95. The van der Waals surface area contributed by atoms with Gasteiger partial charge in [0.1, 0.15) is 0 Å². The normalized spacial score (nSPS) is 12.5. The number of hydrogen-bond acceptors (Lipinski definition) is 1. The van der Waals surface area contributed by atoms with Gasteiger partial charge in [0.05, 0.1) is 6.04 Å². The Kier molecular flexibility index (Phi) is 5.12. The molecule has 2 rings (SSSR count). The zero-order valence-electron chi connectivity index (χ0n) is 12.3. The highest BCUT2D eigenvalue weighted by Gasteiger charge is 2.22. The molecule has 0 aliphatic heterocycles. The van der Waals surface area contributed by atoms with Crippen molar-refractivity contribution < 1.29 is 8.78 Å². The third-order valence-electron chi connectivity index (χ3n) is 3.58. The van der Waals surface area contributed by atoms with Gasteiger partial charge in [-0.25, -0.2) is 8.78 Å². The van der Waals surface area contributed by atoms with E-state index in [9.17, 15) is 8.78 Å². The van der Waals surface area contributed by atoms with E-state index in [-0.39, 0.29) is 6.04 Å². The monoisotopic (exact) mass is 353 g/mol. The molecule has 0 aliphatic rings. The van der Waals surface area contributed by atoms with Gasteiger partial charge in [-0.3, -0.25) is 0 Å². The molecule has 4 heteroatoms. The zero-order valence-corrected chi connectivity index (χ0v) is 13.9. The van der Waals surface area contributed by atoms with Gasteiger partial charge in [0.2, 0.25) is 0 Å². The van der Waals surface area contributed by atoms with E-state index in [1.807, 2.05) is 32.0 Å². The molecule has 0 heterocycles. The van der Waals surface area contributed by atoms with Crippen LogP contribution in [0.1, 0.15) is 35.2 Å². The van der Waals surface area contributed by atoms with E-state index < -0.39 is 11.6 Å². The van der Waals surface area contributed by atoms with E-state index in [0.717, 1.165) is 15.6 Å². The van der Waals surface area contributed by atoms with Crippen LogP contribution in [0.4, 0.5) is 8.78 Å². The van der Waals surface area contributed by atoms with E-state index >= 15 is 0 Å².